The fourth-order valence-electron chi connectivity index (χ4n) is 4.76. The largest absolute Gasteiger partial charge is 0.351 e. The number of benzene rings is 2. The monoisotopic (exact) mass is 519 g/mol. The van der Waals surface area contributed by atoms with E-state index in [2.05, 4.69) is 20.0 Å². The van der Waals surface area contributed by atoms with Gasteiger partial charge < -0.3 is 5.32 Å². The predicted molar refractivity (Wildman–Crippen MR) is 145 cm³/mol. The van der Waals surface area contributed by atoms with E-state index in [1.165, 1.54) is 31.4 Å². The first-order chi connectivity index (χ1) is 17.9. The third-order valence-electron chi connectivity index (χ3n) is 6.67. The van der Waals surface area contributed by atoms with Crippen LogP contribution < -0.4 is 10.0 Å². The zero-order valence-electron chi connectivity index (χ0n) is 20.7. The van der Waals surface area contributed by atoms with Crippen LogP contribution >= 0.6 is 0 Å². The molecule has 0 atom stereocenters. The number of pyridine rings is 1. The summed E-state index contributed by atoms with van der Waals surface area (Å²) in [4.78, 5) is 13.9. The molecule has 1 aliphatic carbocycles. The Kier molecular flexibility index (Phi) is 7.32. The molecule has 0 amide bonds. The Morgan fingerprint density at radius 1 is 1.00 bits per heavy atom. The topological polar surface area (TPSA) is 96.9 Å². The van der Waals surface area contributed by atoms with E-state index in [9.17, 15) is 12.8 Å². The molecular formula is C28H30FN5O2S. The molecular weight excluding hydrogens is 489 g/mol. The summed E-state index contributed by atoms with van der Waals surface area (Å²) in [6.07, 6.45) is 8.42. The molecule has 0 bridgehead atoms. The van der Waals surface area contributed by atoms with E-state index < -0.39 is 15.8 Å². The molecule has 2 N–H and O–H groups in total. The lowest BCUT2D eigenvalue weighted by molar-refractivity contribution is 0.461. The Morgan fingerprint density at radius 2 is 1.78 bits per heavy atom. The summed E-state index contributed by atoms with van der Waals surface area (Å²) in [7, 11) is -3.77. The molecule has 7 nitrogen and oxygen atoms in total. The van der Waals surface area contributed by atoms with Crippen LogP contribution in [0.5, 0.6) is 0 Å². The van der Waals surface area contributed by atoms with E-state index in [1.807, 2.05) is 19.1 Å². The number of sulfonamides is 1. The molecule has 9 heteroatoms. The number of aryl methyl sites for hydroxylation is 1. The number of nitrogens with one attached hydrogen (secondary N) is 2. The lowest BCUT2D eigenvalue weighted by Gasteiger charge is -2.22. The molecule has 37 heavy (non-hydrogen) atoms. The van der Waals surface area contributed by atoms with Crippen LogP contribution in [0.4, 0.5) is 16.0 Å². The molecule has 192 valence electrons. The molecule has 4 aromatic rings. The van der Waals surface area contributed by atoms with Crippen LogP contribution in [-0.2, 0) is 22.2 Å². The van der Waals surface area contributed by atoms with E-state index in [1.54, 1.807) is 36.5 Å². The zero-order chi connectivity index (χ0) is 25.8. The minimum Gasteiger partial charge on any atom is -0.351 e. The highest BCUT2D eigenvalue weighted by Crippen LogP contribution is 2.28. The SMILES string of the molecule is CCc1cc(-c2ccc(NS(=O)(=O)Cc3ccccc3)c(F)c2)nc2cnc(NC3CCCCC3)nc12. The quantitative estimate of drug-likeness (QED) is 0.293. The van der Waals surface area contributed by atoms with Crippen molar-refractivity contribution in [1.29, 1.82) is 0 Å². The summed E-state index contributed by atoms with van der Waals surface area (Å²) in [6, 6.07) is 15.5. The summed E-state index contributed by atoms with van der Waals surface area (Å²) < 4.78 is 42.4. The van der Waals surface area contributed by atoms with Crippen LogP contribution in [0.15, 0.2) is 60.8 Å². The first kappa shape index (κ1) is 25.1. The number of aromatic nitrogens is 3. The van der Waals surface area contributed by atoms with Crippen molar-refractivity contribution >= 4 is 32.7 Å². The highest BCUT2D eigenvalue weighted by molar-refractivity contribution is 7.91. The molecule has 0 saturated heterocycles. The van der Waals surface area contributed by atoms with Gasteiger partial charge in [-0.25, -0.2) is 27.8 Å². The third kappa shape index (κ3) is 6.05. The van der Waals surface area contributed by atoms with Crippen molar-refractivity contribution in [3.8, 4) is 11.3 Å². The minimum atomic E-state index is -3.77. The smallest absolute Gasteiger partial charge is 0.237 e. The van der Waals surface area contributed by atoms with Gasteiger partial charge >= 0.3 is 0 Å². The van der Waals surface area contributed by atoms with Gasteiger partial charge in [-0.15, -0.1) is 0 Å². The van der Waals surface area contributed by atoms with Crippen molar-refractivity contribution in [3.63, 3.8) is 0 Å². The van der Waals surface area contributed by atoms with Crippen molar-refractivity contribution < 1.29 is 12.8 Å². The van der Waals surface area contributed by atoms with Gasteiger partial charge in [0.25, 0.3) is 0 Å². The molecule has 2 heterocycles. The maximum atomic E-state index is 15.0. The fraction of sp³-hybridized carbons (Fsp3) is 0.321. The molecule has 2 aromatic carbocycles. The van der Waals surface area contributed by atoms with Crippen LogP contribution in [0, 0.1) is 5.82 Å². The van der Waals surface area contributed by atoms with Crippen LogP contribution in [0.2, 0.25) is 0 Å². The molecule has 0 radical (unpaired) electrons. The summed E-state index contributed by atoms with van der Waals surface area (Å²) in [5, 5.41) is 3.46. The Hall–Kier alpha value is -3.59. The fourth-order valence-corrected chi connectivity index (χ4v) is 5.96. The van der Waals surface area contributed by atoms with Crippen LogP contribution in [-0.4, -0.2) is 29.4 Å². The summed E-state index contributed by atoms with van der Waals surface area (Å²) in [5.41, 5.74) is 4.06. The maximum Gasteiger partial charge on any atom is 0.237 e. The van der Waals surface area contributed by atoms with Crippen molar-refractivity contribution in [3.05, 3.63) is 77.7 Å². The van der Waals surface area contributed by atoms with Crippen LogP contribution in [0.3, 0.4) is 0 Å². The summed E-state index contributed by atoms with van der Waals surface area (Å²) in [5.74, 6) is -0.294. The second kappa shape index (κ2) is 10.8. The Morgan fingerprint density at radius 3 is 2.51 bits per heavy atom. The zero-order valence-corrected chi connectivity index (χ0v) is 21.6. The van der Waals surface area contributed by atoms with Gasteiger partial charge in [0.2, 0.25) is 16.0 Å². The Bertz CT molecular complexity index is 1510. The molecule has 1 saturated carbocycles. The lowest BCUT2D eigenvalue weighted by atomic mass is 9.96. The average molecular weight is 520 g/mol. The average Bonchev–Trinajstić information content (AvgIpc) is 2.90. The molecule has 5 rings (SSSR count). The number of fused-ring (bicyclic) bond motifs is 1. The number of hydrogen-bond acceptors (Lipinski definition) is 6. The van der Waals surface area contributed by atoms with E-state index >= 15 is 0 Å². The standard InChI is InChI=1S/C28H30FN5O2S/c1-2-20-16-25(32-26-17-30-28(33-27(20)26)31-22-11-7-4-8-12-22)21-13-14-24(23(29)15-21)34-37(35,36)18-19-9-5-3-6-10-19/h3,5-6,9-10,13-17,22,34H,2,4,7-8,11-12,18H2,1H3,(H,30,31,33). The molecule has 2 aromatic heterocycles. The Balaban J connectivity index is 1.38. The van der Waals surface area contributed by atoms with Crippen LogP contribution in [0.1, 0.15) is 50.2 Å². The summed E-state index contributed by atoms with van der Waals surface area (Å²) in [6.45, 7) is 2.04. The van der Waals surface area contributed by atoms with E-state index in [4.69, 9.17) is 4.98 Å². The van der Waals surface area contributed by atoms with Gasteiger partial charge in [0, 0.05) is 11.6 Å². The van der Waals surface area contributed by atoms with Gasteiger partial charge in [0.1, 0.15) is 11.3 Å². The number of halogens is 1. The highest BCUT2D eigenvalue weighted by atomic mass is 32.2. The van der Waals surface area contributed by atoms with Crippen molar-refractivity contribution in [2.45, 2.75) is 57.2 Å². The molecule has 0 aliphatic heterocycles. The molecule has 1 fully saturated rings. The van der Waals surface area contributed by atoms with E-state index in [-0.39, 0.29) is 11.4 Å². The predicted octanol–water partition coefficient (Wildman–Crippen LogP) is 6.08. The number of anilines is 2. The summed E-state index contributed by atoms with van der Waals surface area (Å²) >= 11 is 0. The highest BCUT2D eigenvalue weighted by Gasteiger charge is 2.18. The molecule has 0 spiro atoms. The normalized spacial score (nSPS) is 14.5. The van der Waals surface area contributed by atoms with E-state index in [0.29, 0.717) is 34.3 Å². The minimum absolute atomic E-state index is 0.0991. The van der Waals surface area contributed by atoms with Crippen molar-refractivity contribution in [2.24, 2.45) is 0 Å². The second-order valence-corrected chi connectivity index (χ2v) is 11.2. The van der Waals surface area contributed by atoms with Gasteiger partial charge in [0.05, 0.1) is 28.8 Å². The van der Waals surface area contributed by atoms with Crippen molar-refractivity contribution in [2.75, 3.05) is 10.0 Å². The maximum absolute atomic E-state index is 15.0. The third-order valence-corrected chi connectivity index (χ3v) is 7.92. The number of hydrogen-bond donors (Lipinski definition) is 2. The first-order valence-electron chi connectivity index (χ1n) is 12.7. The van der Waals surface area contributed by atoms with Gasteiger partial charge in [0.15, 0.2) is 0 Å². The number of rotatable bonds is 8. The second-order valence-electron chi connectivity index (χ2n) is 9.47. The number of nitrogens with zero attached hydrogens (tertiary/aromatic N) is 3. The van der Waals surface area contributed by atoms with Crippen molar-refractivity contribution in [1.82, 2.24) is 15.0 Å². The van der Waals surface area contributed by atoms with Gasteiger partial charge in [-0.05, 0) is 48.6 Å². The van der Waals surface area contributed by atoms with E-state index in [0.717, 1.165) is 30.3 Å². The van der Waals surface area contributed by atoms with Gasteiger partial charge in [-0.3, -0.25) is 4.72 Å². The lowest BCUT2D eigenvalue weighted by Crippen LogP contribution is -2.23. The van der Waals surface area contributed by atoms with Gasteiger partial charge in [-0.2, -0.15) is 0 Å². The van der Waals surface area contributed by atoms with Crippen LogP contribution in [0.25, 0.3) is 22.3 Å². The first-order valence-corrected chi connectivity index (χ1v) is 14.3. The molecule has 0 unspecified atom stereocenters. The Labute approximate surface area is 216 Å². The van der Waals surface area contributed by atoms with Gasteiger partial charge in [-0.1, -0.05) is 62.6 Å². The molecule has 1 aliphatic rings.